The van der Waals surface area contributed by atoms with Crippen LogP contribution in [-0.4, -0.2) is 28.9 Å². The number of benzene rings is 2. The molecular weight excluding hydrogens is 340 g/mol. The molecule has 0 saturated carbocycles. The summed E-state index contributed by atoms with van der Waals surface area (Å²) in [5.41, 5.74) is 5.06. The van der Waals surface area contributed by atoms with Gasteiger partial charge in [-0.1, -0.05) is 42.5 Å². The summed E-state index contributed by atoms with van der Waals surface area (Å²) in [4.78, 5) is 27.1. The Morgan fingerprint density at radius 2 is 1.63 bits per heavy atom. The lowest BCUT2D eigenvalue weighted by molar-refractivity contribution is -0.123. The average molecular weight is 362 g/mol. The molecule has 0 spiro atoms. The summed E-state index contributed by atoms with van der Waals surface area (Å²) in [5, 5.41) is 9.84. The van der Waals surface area contributed by atoms with Gasteiger partial charge in [-0.15, -0.1) is 0 Å². The van der Waals surface area contributed by atoms with Crippen LogP contribution < -0.4 is 4.90 Å². The van der Waals surface area contributed by atoms with Crippen molar-refractivity contribution >= 4 is 17.5 Å². The molecule has 6 heteroatoms. The van der Waals surface area contributed by atoms with Crippen molar-refractivity contribution in [2.75, 3.05) is 4.90 Å². The number of rotatable bonds is 4. The molecule has 6 nitrogen and oxygen atoms in total. The molecule has 2 aliphatic rings. The summed E-state index contributed by atoms with van der Waals surface area (Å²) >= 11 is 0. The fourth-order valence-electron chi connectivity index (χ4n) is 3.54. The maximum Gasteiger partial charge on any atom is 0.263 e. The second-order valence-corrected chi connectivity index (χ2v) is 7.14. The zero-order chi connectivity index (χ0) is 19.1. The number of amides is 2. The molecule has 0 bridgehead atoms. The Balaban J connectivity index is 1.58. The van der Waals surface area contributed by atoms with E-state index < -0.39 is 12.1 Å². The van der Waals surface area contributed by atoms with E-state index in [4.69, 9.17) is 0 Å². The number of nitrogens with zero attached hydrogens (tertiary/aromatic N) is 4. The van der Waals surface area contributed by atoms with E-state index in [1.54, 1.807) is 5.01 Å². The highest BCUT2D eigenvalue weighted by Gasteiger charge is 2.54. The molecule has 2 atom stereocenters. The highest BCUT2D eigenvalue weighted by atomic mass is 16.2. The van der Waals surface area contributed by atoms with Crippen molar-refractivity contribution in [1.82, 2.24) is 5.01 Å². The van der Waals surface area contributed by atoms with Crippen molar-refractivity contribution in [3.05, 3.63) is 64.7 Å². The molecule has 2 aromatic rings. The lowest BCUT2D eigenvalue weighted by Gasteiger charge is -2.21. The third-order valence-corrected chi connectivity index (χ3v) is 5.38. The largest absolute Gasteiger partial charge is 0.271 e. The van der Waals surface area contributed by atoms with Gasteiger partial charge < -0.3 is 0 Å². The molecule has 0 aromatic heterocycles. The second kappa shape index (κ2) is 6.61. The summed E-state index contributed by atoms with van der Waals surface area (Å²) < 4.78 is 0. The molecule has 1 saturated heterocycles. The molecule has 0 radical (unpaired) electrons. The first kappa shape index (κ1) is 17.4. The monoisotopic (exact) mass is 362 g/mol. The van der Waals surface area contributed by atoms with Crippen molar-refractivity contribution < 1.29 is 9.59 Å². The van der Waals surface area contributed by atoms with Gasteiger partial charge in [0, 0.05) is 0 Å². The number of hydrogen-bond donors (Lipinski definition) is 0. The Hall–Kier alpha value is -3.02. The Kier molecular flexibility index (Phi) is 4.26. The normalized spacial score (nSPS) is 21.3. The zero-order valence-corrected chi connectivity index (χ0v) is 15.7. The molecule has 0 N–H and O–H groups in total. The van der Waals surface area contributed by atoms with E-state index in [0.717, 1.165) is 23.1 Å². The minimum atomic E-state index is -0.756. The number of hydrogen-bond acceptors (Lipinski definition) is 5. The van der Waals surface area contributed by atoms with Gasteiger partial charge in [-0.3, -0.25) is 14.6 Å². The van der Waals surface area contributed by atoms with Crippen LogP contribution in [0.25, 0.3) is 0 Å². The van der Waals surface area contributed by atoms with Crippen molar-refractivity contribution in [1.29, 1.82) is 0 Å². The van der Waals surface area contributed by atoms with Gasteiger partial charge >= 0.3 is 0 Å². The molecule has 1 fully saturated rings. The topological polar surface area (TPSA) is 65.3 Å². The van der Waals surface area contributed by atoms with Crippen LogP contribution in [0.1, 0.15) is 29.2 Å². The Morgan fingerprint density at radius 3 is 2.30 bits per heavy atom. The fraction of sp³-hybridized carbons (Fsp3) is 0.333. The maximum atomic E-state index is 13.0. The van der Waals surface area contributed by atoms with E-state index in [-0.39, 0.29) is 11.8 Å². The minimum Gasteiger partial charge on any atom is -0.271 e. The first-order chi connectivity index (χ1) is 13.0. The molecule has 2 heterocycles. The van der Waals surface area contributed by atoms with E-state index in [1.165, 1.54) is 10.5 Å². The molecular formula is C21H22N4O2. The third kappa shape index (κ3) is 2.91. The predicted octanol–water partition coefficient (Wildman–Crippen LogP) is 3.36. The first-order valence-corrected chi connectivity index (χ1v) is 9.20. The van der Waals surface area contributed by atoms with Crippen LogP contribution in [0.5, 0.6) is 0 Å². The van der Waals surface area contributed by atoms with Gasteiger partial charge in [0.25, 0.3) is 11.8 Å². The van der Waals surface area contributed by atoms with Gasteiger partial charge in [-0.25, -0.2) is 4.90 Å². The summed E-state index contributed by atoms with van der Waals surface area (Å²) in [7, 11) is 0. The number of carbonyl (C=O) groups is 2. The summed E-state index contributed by atoms with van der Waals surface area (Å²) in [6.07, 6.45) is 0.978. The van der Waals surface area contributed by atoms with Gasteiger partial charge in [-0.2, -0.15) is 5.11 Å². The van der Waals surface area contributed by atoms with Crippen molar-refractivity contribution in [3.63, 3.8) is 0 Å². The SMILES string of the molecule is CCc1ccc(CN2N=NC3C(=O)N(c4ccc(C)c(C)c4)C(=O)C32)cc1. The van der Waals surface area contributed by atoms with Crippen LogP contribution in [0.3, 0.4) is 0 Å². The Bertz CT molecular complexity index is 936. The van der Waals surface area contributed by atoms with Gasteiger partial charge in [-0.05, 0) is 54.7 Å². The average Bonchev–Trinajstić information content (AvgIpc) is 3.18. The van der Waals surface area contributed by atoms with Crippen LogP contribution in [-0.2, 0) is 22.6 Å². The predicted molar refractivity (Wildman–Crippen MR) is 102 cm³/mol. The highest BCUT2D eigenvalue weighted by molar-refractivity contribution is 6.25. The van der Waals surface area contributed by atoms with Crippen molar-refractivity contribution in [2.24, 2.45) is 10.3 Å². The van der Waals surface area contributed by atoms with E-state index >= 15 is 0 Å². The maximum absolute atomic E-state index is 13.0. The number of imide groups is 1. The standard InChI is InChI=1S/C21H22N4O2/c1-4-15-6-8-16(9-7-15)12-24-19-18(22-23-24)20(26)25(21(19)27)17-10-5-13(2)14(3)11-17/h5-11,18-19H,4,12H2,1-3H3. The van der Waals surface area contributed by atoms with Crippen LogP contribution in [0, 0.1) is 13.8 Å². The molecule has 0 aliphatic carbocycles. The number of anilines is 1. The Labute approximate surface area is 158 Å². The minimum absolute atomic E-state index is 0.261. The van der Waals surface area contributed by atoms with E-state index in [0.29, 0.717) is 12.2 Å². The molecule has 27 heavy (non-hydrogen) atoms. The van der Waals surface area contributed by atoms with Gasteiger partial charge in [0.05, 0.1) is 12.2 Å². The second-order valence-electron chi connectivity index (χ2n) is 7.14. The van der Waals surface area contributed by atoms with Crippen LogP contribution >= 0.6 is 0 Å². The molecule has 2 unspecified atom stereocenters. The molecule has 2 aromatic carbocycles. The van der Waals surface area contributed by atoms with Crippen molar-refractivity contribution in [2.45, 2.75) is 45.8 Å². The third-order valence-electron chi connectivity index (χ3n) is 5.38. The van der Waals surface area contributed by atoms with Gasteiger partial charge in [0.1, 0.15) is 0 Å². The fourth-order valence-corrected chi connectivity index (χ4v) is 3.54. The lowest BCUT2D eigenvalue weighted by Crippen LogP contribution is -2.39. The summed E-state index contributed by atoms with van der Waals surface area (Å²) in [5.74, 6) is -0.565. The van der Waals surface area contributed by atoms with E-state index in [2.05, 4.69) is 29.4 Å². The van der Waals surface area contributed by atoms with E-state index in [1.807, 2.05) is 44.2 Å². The number of aryl methyl sites for hydroxylation is 3. The smallest absolute Gasteiger partial charge is 0.263 e. The van der Waals surface area contributed by atoms with Crippen molar-refractivity contribution in [3.8, 4) is 0 Å². The van der Waals surface area contributed by atoms with Crippen LogP contribution in [0.15, 0.2) is 52.8 Å². The number of carbonyl (C=O) groups excluding carboxylic acids is 2. The first-order valence-electron chi connectivity index (χ1n) is 9.20. The molecule has 2 aliphatic heterocycles. The lowest BCUT2D eigenvalue weighted by atomic mass is 10.1. The molecule has 2 amide bonds. The zero-order valence-electron chi connectivity index (χ0n) is 15.7. The summed E-state index contributed by atoms with van der Waals surface area (Å²) in [6, 6.07) is 12.4. The van der Waals surface area contributed by atoms with Gasteiger partial charge in [0.15, 0.2) is 12.1 Å². The highest BCUT2D eigenvalue weighted by Crippen LogP contribution is 2.33. The summed E-state index contributed by atoms with van der Waals surface area (Å²) in [6.45, 7) is 6.53. The van der Waals surface area contributed by atoms with Crippen LogP contribution in [0.2, 0.25) is 0 Å². The van der Waals surface area contributed by atoms with Gasteiger partial charge in [0.2, 0.25) is 0 Å². The molecule has 138 valence electrons. The molecule has 4 rings (SSSR count). The quantitative estimate of drug-likeness (QED) is 0.784. The van der Waals surface area contributed by atoms with Crippen LogP contribution in [0.4, 0.5) is 5.69 Å². The number of fused-ring (bicyclic) bond motifs is 1. The Morgan fingerprint density at radius 1 is 0.926 bits per heavy atom. The van der Waals surface area contributed by atoms with E-state index in [9.17, 15) is 9.59 Å².